The molecule has 2 unspecified atom stereocenters. The number of nitrogens with one attached hydrogen (secondary N) is 1. The van der Waals surface area contributed by atoms with Gasteiger partial charge in [-0.2, -0.15) is 0 Å². The molecule has 1 aromatic heterocycles. The second kappa shape index (κ2) is 8.25. The van der Waals surface area contributed by atoms with E-state index in [1.165, 1.54) is 6.08 Å². The minimum absolute atomic E-state index is 0.230. The lowest BCUT2D eigenvalue weighted by molar-refractivity contribution is -0.117. The number of carbonyl (C=O) groups is 1. The minimum atomic E-state index is -0.629. The fourth-order valence-corrected chi connectivity index (χ4v) is 2.24. The van der Waals surface area contributed by atoms with Crippen LogP contribution < -0.4 is 5.32 Å². The van der Waals surface area contributed by atoms with Gasteiger partial charge in [0, 0.05) is 24.9 Å². The maximum absolute atomic E-state index is 11.9. The van der Waals surface area contributed by atoms with Crippen LogP contribution in [0.2, 0.25) is 0 Å². The number of aliphatic hydroxyl groups is 1. The summed E-state index contributed by atoms with van der Waals surface area (Å²) in [6.07, 6.45) is 6.52. The highest BCUT2D eigenvalue weighted by molar-refractivity contribution is 5.91. The Hall–Kier alpha value is -2.46. The van der Waals surface area contributed by atoms with E-state index in [9.17, 15) is 9.90 Å². The summed E-state index contributed by atoms with van der Waals surface area (Å²) in [6.45, 7) is 3.75. The van der Waals surface area contributed by atoms with E-state index >= 15 is 0 Å². The third-order valence-electron chi connectivity index (χ3n) is 3.56. The molecule has 1 aromatic carbocycles. The number of rotatable bonds is 6. The third kappa shape index (κ3) is 5.68. The van der Waals surface area contributed by atoms with E-state index in [0.717, 1.165) is 16.7 Å². The highest BCUT2D eigenvalue weighted by Crippen LogP contribution is 2.07. The predicted octanol–water partition coefficient (Wildman–Crippen LogP) is 2.51. The van der Waals surface area contributed by atoms with Gasteiger partial charge in [0.25, 0.3) is 0 Å². The molecule has 1 heterocycles. The summed E-state index contributed by atoms with van der Waals surface area (Å²) in [5.74, 6) is -0.230. The molecule has 2 N–H and O–H groups in total. The Morgan fingerprint density at radius 1 is 1.30 bits per heavy atom. The van der Waals surface area contributed by atoms with Crippen molar-refractivity contribution in [2.24, 2.45) is 0 Å². The SMILES string of the molecule is Cc1cncc(/C=C/C(=O)NC(C)C(O)Cc2ccccc2)c1. The second-order valence-corrected chi connectivity index (χ2v) is 5.68. The molecule has 4 nitrogen and oxygen atoms in total. The Kier molecular flexibility index (Phi) is 6.06. The van der Waals surface area contributed by atoms with Gasteiger partial charge in [-0.1, -0.05) is 30.3 Å². The van der Waals surface area contributed by atoms with Crippen LogP contribution in [-0.2, 0) is 11.2 Å². The highest BCUT2D eigenvalue weighted by atomic mass is 16.3. The number of pyridine rings is 1. The Balaban J connectivity index is 1.86. The van der Waals surface area contributed by atoms with Gasteiger partial charge in [-0.25, -0.2) is 0 Å². The van der Waals surface area contributed by atoms with Gasteiger partial charge in [0.2, 0.25) is 5.91 Å². The first-order valence-corrected chi connectivity index (χ1v) is 7.67. The summed E-state index contributed by atoms with van der Waals surface area (Å²) >= 11 is 0. The summed E-state index contributed by atoms with van der Waals surface area (Å²) in [6, 6.07) is 11.3. The van der Waals surface area contributed by atoms with Crippen molar-refractivity contribution in [3.05, 3.63) is 71.6 Å². The van der Waals surface area contributed by atoms with Crippen LogP contribution in [0.4, 0.5) is 0 Å². The fraction of sp³-hybridized carbons (Fsp3) is 0.263. The van der Waals surface area contributed by atoms with Crippen LogP contribution in [0.15, 0.2) is 54.9 Å². The molecule has 0 spiro atoms. The van der Waals surface area contributed by atoms with Gasteiger partial charge in [-0.3, -0.25) is 9.78 Å². The van der Waals surface area contributed by atoms with Gasteiger partial charge in [0.05, 0.1) is 12.1 Å². The van der Waals surface area contributed by atoms with E-state index < -0.39 is 6.10 Å². The average Bonchev–Trinajstić information content (AvgIpc) is 2.54. The van der Waals surface area contributed by atoms with Crippen molar-refractivity contribution in [1.29, 1.82) is 0 Å². The number of nitrogens with zero attached hydrogens (tertiary/aromatic N) is 1. The van der Waals surface area contributed by atoms with Crippen molar-refractivity contribution in [1.82, 2.24) is 10.3 Å². The summed E-state index contributed by atoms with van der Waals surface area (Å²) in [5, 5.41) is 13.0. The Labute approximate surface area is 136 Å². The summed E-state index contributed by atoms with van der Waals surface area (Å²) in [7, 11) is 0. The van der Waals surface area contributed by atoms with Crippen LogP contribution in [-0.4, -0.2) is 28.1 Å². The summed E-state index contributed by atoms with van der Waals surface area (Å²) in [5.41, 5.74) is 2.96. The molecule has 0 saturated carbocycles. The zero-order valence-corrected chi connectivity index (χ0v) is 13.4. The zero-order chi connectivity index (χ0) is 16.7. The molecule has 0 aliphatic heterocycles. The van der Waals surface area contributed by atoms with E-state index in [4.69, 9.17) is 0 Å². The number of aryl methyl sites for hydroxylation is 1. The molecular formula is C19H22N2O2. The van der Waals surface area contributed by atoms with Crippen LogP contribution in [0, 0.1) is 6.92 Å². The number of benzene rings is 1. The van der Waals surface area contributed by atoms with Crippen molar-refractivity contribution in [2.75, 3.05) is 0 Å². The first-order chi connectivity index (χ1) is 11.0. The lowest BCUT2D eigenvalue weighted by atomic mass is 10.0. The molecule has 120 valence electrons. The Morgan fingerprint density at radius 2 is 2.04 bits per heavy atom. The van der Waals surface area contributed by atoms with E-state index in [-0.39, 0.29) is 11.9 Å². The summed E-state index contributed by atoms with van der Waals surface area (Å²) in [4.78, 5) is 16.0. The van der Waals surface area contributed by atoms with Gasteiger partial charge < -0.3 is 10.4 Å². The minimum Gasteiger partial charge on any atom is -0.391 e. The van der Waals surface area contributed by atoms with Crippen LogP contribution in [0.5, 0.6) is 0 Å². The van der Waals surface area contributed by atoms with Gasteiger partial charge in [0.15, 0.2) is 0 Å². The highest BCUT2D eigenvalue weighted by Gasteiger charge is 2.15. The number of amides is 1. The topological polar surface area (TPSA) is 62.2 Å². The molecule has 0 bridgehead atoms. The van der Waals surface area contributed by atoms with E-state index in [1.807, 2.05) is 43.3 Å². The molecule has 2 rings (SSSR count). The number of carbonyl (C=O) groups excluding carboxylic acids is 1. The number of aliphatic hydroxyl groups excluding tert-OH is 1. The monoisotopic (exact) mass is 310 g/mol. The molecule has 4 heteroatoms. The standard InChI is InChI=1S/C19H22N2O2/c1-14-10-17(13-20-12-14)8-9-19(23)21-15(2)18(22)11-16-6-4-3-5-7-16/h3-10,12-13,15,18,22H,11H2,1-2H3,(H,21,23)/b9-8+. The van der Waals surface area contributed by atoms with Crippen molar-refractivity contribution in [2.45, 2.75) is 32.4 Å². The molecule has 0 radical (unpaired) electrons. The zero-order valence-electron chi connectivity index (χ0n) is 13.4. The number of aromatic nitrogens is 1. The van der Waals surface area contributed by atoms with E-state index in [0.29, 0.717) is 6.42 Å². The van der Waals surface area contributed by atoms with Crippen molar-refractivity contribution in [3.8, 4) is 0 Å². The number of hydrogen-bond acceptors (Lipinski definition) is 3. The molecule has 0 aliphatic rings. The van der Waals surface area contributed by atoms with Crippen LogP contribution in [0.3, 0.4) is 0 Å². The molecule has 23 heavy (non-hydrogen) atoms. The lowest BCUT2D eigenvalue weighted by Crippen LogP contribution is -2.41. The van der Waals surface area contributed by atoms with E-state index in [1.54, 1.807) is 25.4 Å². The van der Waals surface area contributed by atoms with Crippen LogP contribution in [0.1, 0.15) is 23.6 Å². The average molecular weight is 310 g/mol. The Bertz CT molecular complexity index is 668. The van der Waals surface area contributed by atoms with Crippen molar-refractivity contribution >= 4 is 12.0 Å². The Morgan fingerprint density at radius 3 is 2.74 bits per heavy atom. The first kappa shape index (κ1) is 16.9. The maximum atomic E-state index is 11.9. The van der Waals surface area contributed by atoms with E-state index in [2.05, 4.69) is 10.3 Å². The number of hydrogen-bond donors (Lipinski definition) is 2. The van der Waals surface area contributed by atoms with Gasteiger partial charge in [-0.05, 0) is 42.7 Å². The largest absolute Gasteiger partial charge is 0.391 e. The first-order valence-electron chi connectivity index (χ1n) is 7.67. The second-order valence-electron chi connectivity index (χ2n) is 5.68. The molecule has 2 aromatic rings. The lowest BCUT2D eigenvalue weighted by Gasteiger charge is -2.19. The molecule has 0 saturated heterocycles. The summed E-state index contributed by atoms with van der Waals surface area (Å²) < 4.78 is 0. The smallest absolute Gasteiger partial charge is 0.244 e. The molecule has 2 atom stereocenters. The maximum Gasteiger partial charge on any atom is 0.244 e. The molecular weight excluding hydrogens is 288 g/mol. The quantitative estimate of drug-likeness (QED) is 0.806. The fourth-order valence-electron chi connectivity index (χ4n) is 2.24. The van der Waals surface area contributed by atoms with Crippen LogP contribution >= 0.6 is 0 Å². The third-order valence-corrected chi connectivity index (χ3v) is 3.56. The normalized spacial score (nSPS) is 13.7. The molecule has 0 fully saturated rings. The van der Waals surface area contributed by atoms with Crippen molar-refractivity contribution < 1.29 is 9.90 Å². The van der Waals surface area contributed by atoms with Crippen LogP contribution in [0.25, 0.3) is 6.08 Å². The molecule has 0 aliphatic carbocycles. The van der Waals surface area contributed by atoms with Gasteiger partial charge >= 0.3 is 0 Å². The van der Waals surface area contributed by atoms with Gasteiger partial charge in [0.1, 0.15) is 0 Å². The predicted molar refractivity (Wildman–Crippen MR) is 91.8 cm³/mol. The van der Waals surface area contributed by atoms with Gasteiger partial charge in [-0.15, -0.1) is 0 Å². The van der Waals surface area contributed by atoms with Crippen molar-refractivity contribution in [3.63, 3.8) is 0 Å². The molecule has 1 amide bonds.